The van der Waals surface area contributed by atoms with E-state index in [1.807, 2.05) is 6.26 Å². The van der Waals surface area contributed by atoms with Crippen molar-refractivity contribution in [3.63, 3.8) is 0 Å². The van der Waals surface area contributed by atoms with Gasteiger partial charge in [0.1, 0.15) is 0 Å². The summed E-state index contributed by atoms with van der Waals surface area (Å²) >= 11 is 1.61. The van der Waals surface area contributed by atoms with E-state index >= 15 is 0 Å². The summed E-state index contributed by atoms with van der Waals surface area (Å²) in [6.45, 7) is 0.463. The van der Waals surface area contributed by atoms with Gasteiger partial charge in [-0.15, -0.1) is 0 Å². The third-order valence-electron chi connectivity index (χ3n) is 1.65. The van der Waals surface area contributed by atoms with Gasteiger partial charge in [0.05, 0.1) is 5.75 Å². The Kier molecular flexibility index (Phi) is 6.75. The van der Waals surface area contributed by atoms with Crippen LogP contribution in [0.25, 0.3) is 0 Å². The quantitative estimate of drug-likeness (QED) is 0.665. The molecule has 0 spiro atoms. The highest BCUT2D eigenvalue weighted by atomic mass is 32.2. The summed E-state index contributed by atoms with van der Waals surface area (Å²) in [7, 11) is -1.56. The van der Waals surface area contributed by atoms with Crippen LogP contribution < -0.4 is 0 Å². The minimum Gasteiger partial charge on any atom is -0.396 e. The van der Waals surface area contributed by atoms with Crippen LogP contribution in [0.1, 0.15) is 6.42 Å². The van der Waals surface area contributed by atoms with Gasteiger partial charge in [-0.2, -0.15) is 11.8 Å². The Morgan fingerprint density at radius 1 is 1.46 bits per heavy atom. The maximum absolute atomic E-state index is 11.4. The topological polar surface area (TPSA) is 57.6 Å². The zero-order chi connectivity index (χ0) is 10.3. The van der Waals surface area contributed by atoms with E-state index in [-0.39, 0.29) is 12.4 Å². The Balaban J connectivity index is 3.96. The number of aliphatic hydroxyl groups is 1. The van der Waals surface area contributed by atoms with Crippen molar-refractivity contribution in [1.82, 2.24) is 4.31 Å². The molecule has 13 heavy (non-hydrogen) atoms. The molecule has 0 aliphatic carbocycles. The van der Waals surface area contributed by atoms with Crippen LogP contribution >= 0.6 is 11.8 Å². The molecule has 0 aromatic heterocycles. The van der Waals surface area contributed by atoms with Gasteiger partial charge in [-0.1, -0.05) is 0 Å². The van der Waals surface area contributed by atoms with Gasteiger partial charge in [-0.25, -0.2) is 12.7 Å². The van der Waals surface area contributed by atoms with Gasteiger partial charge in [0.15, 0.2) is 0 Å². The van der Waals surface area contributed by atoms with Crippen LogP contribution in [0.4, 0.5) is 0 Å². The highest BCUT2D eigenvalue weighted by Crippen LogP contribution is 2.02. The number of hydrogen-bond donors (Lipinski definition) is 1. The van der Waals surface area contributed by atoms with Crippen molar-refractivity contribution in [3.05, 3.63) is 0 Å². The van der Waals surface area contributed by atoms with Crippen molar-refractivity contribution < 1.29 is 13.5 Å². The molecule has 6 heteroatoms. The Morgan fingerprint density at radius 3 is 2.54 bits per heavy atom. The number of nitrogens with zero attached hydrogens (tertiary/aromatic N) is 1. The molecule has 0 amide bonds. The third kappa shape index (κ3) is 5.51. The fourth-order valence-corrected chi connectivity index (χ4v) is 2.51. The van der Waals surface area contributed by atoms with E-state index in [2.05, 4.69) is 0 Å². The fraction of sp³-hybridized carbons (Fsp3) is 1.00. The first-order valence-corrected chi connectivity index (χ1v) is 7.08. The zero-order valence-electron chi connectivity index (χ0n) is 8.06. The average molecular weight is 227 g/mol. The molecule has 0 saturated heterocycles. The zero-order valence-corrected chi connectivity index (χ0v) is 9.70. The van der Waals surface area contributed by atoms with E-state index in [1.165, 1.54) is 4.31 Å². The normalized spacial score (nSPS) is 12.3. The van der Waals surface area contributed by atoms with Gasteiger partial charge in [0.2, 0.25) is 10.0 Å². The molecule has 0 fully saturated rings. The number of hydrogen-bond acceptors (Lipinski definition) is 4. The Hall–Kier alpha value is 0.220. The summed E-state index contributed by atoms with van der Waals surface area (Å²) in [5.41, 5.74) is 0. The molecule has 4 nitrogen and oxygen atoms in total. The smallest absolute Gasteiger partial charge is 0.213 e. The van der Waals surface area contributed by atoms with E-state index in [9.17, 15) is 8.42 Å². The SMILES string of the molecule is CSCCN(C)S(=O)(=O)CCCO. The third-order valence-corrected chi connectivity index (χ3v) is 4.17. The molecule has 0 bridgehead atoms. The van der Waals surface area contributed by atoms with Crippen LogP contribution in [0, 0.1) is 0 Å². The lowest BCUT2D eigenvalue weighted by molar-refractivity contribution is 0.294. The van der Waals surface area contributed by atoms with Crippen LogP contribution in [0.15, 0.2) is 0 Å². The standard InChI is InChI=1S/C7H17NO3S2/c1-8(4-6-12-2)13(10,11)7-3-5-9/h9H,3-7H2,1-2H3. The molecular weight excluding hydrogens is 210 g/mol. The van der Waals surface area contributed by atoms with Crippen LogP contribution in [0.3, 0.4) is 0 Å². The van der Waals surface area contributed by atoms with E-state index in [1.54, 1.807) is 18.8 Å². The molecular formula is C7H17NO3S2. The average Bonchev–Trinajstić information content (AvgIpc) is 2.10. The minimum absolute atomic E-state index is 0.0361. The lowest BCUT2D eigenvalue weighted by Crippen LogP contribution is -2.31. The van der Waals surface area contributed by atoms with Crippen LogP contribution in [-0.2, 0) is 10.0 Å². The molecule has 0 aromatic rings. The summed E-state index contributed by atoms with van der Waals surface area (Å²) in [6, 6.07) is 0. The van der Waals surface area contributed by atoms with Crippen molar-refractivity contribution in [3.8, 4) is 0 Å². The highest BCUT2D eigenvalue weighted by molar-refractivity contribution is 7.98. The molecule has 0 atom stereocenters. The molecule has 0 aromatic carbocycles. The van der Waals surface area contributed by atoms with Gasteiger partial charge in [0, 0.05) is 26.0 Å². The Labute approximate surface area is 84.4 Å². The van der Waals surface area contributed by atoms with Crippen molar-refractivity contribution in [2.75, 3.05) is 38.0 Å². The van der Waals surface area contributed by atoms with Crippen LogP contribution in [0.5, 0.6) is 0 Å². The molecule has 0 unspecified atom stereocenters. The highest BCUT2D eigenvalue weighted by Gasteiger charge is 2.15. The fourth-order valence-electron chi connectivity index (χ4n) is 0.762. The number of rotatable bonds is 7. The Bertz CT molecular complexity index is 216. The van der Waals surface area contributed by atoms with Crippen molar-refractivity contribution in [2.45, 2.75) is 6.42 Å². The molecule has 0 saturated carbocycles. The molecule has 1 N–H and O–H groups in total. The van der Waals surface area contributed by atoms with Crippen molar-refractivity contribution in [2.24, 2.45) is 0 Å². The first-order valence-electron chi connectivity index (χ1n) is 4.08. The maximum Gasteiger partial charge on any atom is 0.213 e. The van der Waals surface area contributed by atoms with E-state index in [0.717, 1.165) is 5.75 Å². The van der Waals surface area contributed by atoms with Crippen LogP contribution in [0.2, 0.25) is 0 Å². The lowest BCUT2D eigenvalue weighted by atomic mass is 10.5. The van der Waals surface area contributed by atoms with Gasteiger partial charge in [-0.05, 0) is 12.7 Å². The predicted octanol–water partition coefficient (Wildman–Crippen LogP) is -0.00660. The van der Waals surface area contributed by atoms with E-state index in [4.69, 9.17) is 5.11 Å². The van der Waals surface area contributed by atoms with Gasteiger partial charge in [0.25, 0.3) is 0 Å². The molecule has 0 rings (SSSR count). The summed E-state index contributed by atoms with van der Waals surface area (Å²) in [5.74, 6) is 0.837. The van der Waals surface area contributed by atoms with E-state index in [0.29, 0.717) is 13.0 Å². The number of sulfonamides is 1. The van der Waals surface area contributed by atoms with Gasteiger partial charge < -0.3 is 5.11 Å². The molecule has 0 aliphatic rings. The summed E-state index contributed by atoms with van der Waals surface area (Å²) in [6.07, 6.45) is 2.25. The molecule has 0 aliphatic heterocycles. The second-order valence-corrected chi connectivity index (χ2v) is 5.89. The summed E-state index contributed by atoms with van der Waals surface area (Å²) < 4.78 is 24.1. The largest absolute Gasteiger partial charge is 0.396 e. The summed E-state index contributed by atoms with van der Waals surface area (Å²) in [5, 5.41) is 8.50. The maximum atomic E-state index is 11.4. The molecule has 80 valence electrons. The minimum atomic E-state index is -3.13. The monoisotopic (exact) mass is 227 g/mol. The van der Waals surface area contributed by atoms with E-state index < -0.39 is 10.0 Å². The lowest BCUT2D eigenvalue weighted by Gasteiger charge is -2.15. The van der Waals surface area contributed by atoms with Crippen LogP contribution in [-0.4, -0.2) is 55.8 Å². The number of aliphatic hydroxyl groups excluding tert-OH is 1. The first kappa shape index (κ1) is 13.2. The first-order chi connectivity index (χ1) is 6.04. The Morgan fingerprint density at radius 2 is 2.08 bits per heavy atom. The summed E-state index contributed by atoms with van der Waals surface area (Å²) in [4.78, 5) is 0. The second-order valence-electron chi connectivity index (χ2n) is 2.71. The molecule has 0 radical (unpaired) electrons. The second kappa shape index (κ2) is 6.64. The predicted molar refractivity (Wildman–Crippen MR) is 56.5 cm³/mol. The van der Waals surface area contributed by atoms with Gasteiger partial charge in [-0.3, -0.25) is 0 Å². The number of thioether (sulfide) groups is 1. The molecule has 0 heterocycles. The van der Waals surface area contributed by atoms with Gasteiger partial charge >= 0.3 is 0 Å². The van der Waals surface area contributed by atoms with Crippen molar-refractivity contribution >= 4 is 21.8 Å². The van der Waals surface area contributed by atoms with Crippen molar-refractivity contribution in [1.29, 1.82) is 0 Å².